The monoisotopic (exact) mass is 284 g/mol. The van der Waals surface area contributed by atoms with Crippen LogP contribution in [0.4, 0.5) is 4.39 Å². The number of furan rings is 1. The quantitative estimate of drug-likeness (QED) is 0.747. The van der Waals surface area contributed by atoms with Gasteiger partial charge < -0.3 is 9.52 Å². The highest BCUT2D eigenvalue weighted by atomic mass is 19.1. The van der Waals surface area contributed by atoms with Gasteiger partial charge in [0.15, 0.2) is 0 Å². The summed E-state index contributed by atoms with van der Waals surface area (Å²) in [4.78, 5) is 0. The van der Waals surface area contributed by atoms with Gasteiger partial charge in [0.05, 0.1) is 0 Å². The highest BCUT2D eigenvalue weighted by Crippen LogP contribution is 2.33. The van der Waals surface area contributed by atoms with Crippen LogP contribution in [0.1, 0.15) is 34.1 Å². The van der Waals surface area contributed by atoms with Crippen molar-refractivity contribution in [3.63, 3.8) is 0 Å². The molecule has 2 nitrogen and oxygen atoms in total. The van der Waals surface area contributed by atoms with Gasteiger partial charge >= 0.3 is 0 Å². The molecule has 3 rings (SSSR count). The first-order valence-corrected chi connectivity index (χ1v) is 6.90. The Labute approximate surface area is 122 Å². The summed E-state index contributed by atoms with van der Waals surface area (Å²) in [5, 5.41) is 11.3. The van der Waals surface area contributed by atoms with E-state index in [0.717, 1.165) is 22.3 Å². The van der Waals surface area contributed by atoms with Gasteiger partial charge in [-0.05, 0) is 44.5 Å². The zero-order valence-corrected chi connectivity index (χ0v) is 12.3. The molecule has 0 aliphatic carbocycles. The van der Waals surface area contributed by atoms with E-state index in [-0.39, 0.29) is 5.82 Å². The van der Waals surface area contributed by atoms with E-state index >= 15 is 0 Å². The fourth-order valence-corrected chi connectivity index (χ4v) is 2.79. The fraction of sp³-hybridized carbons (Fsp3) is 0.222. The minimum absolute atomic E-state index is 0.307. The summed E-state index contributed by atoms with van der Waals surface area (Å²) in [7, 11) is 0. The van der Waals surface area contributed by atoms with Crippen LogP contribution in [0.15, 0.2) is 40.8 Å². The van der Waals surface area contributed by atoms with Gasteiger partial charge in [-0.1, -0.05) is 29.3 Å². The molecule has 0 bridgehead atoms. The van der Waals surface area contributed by atoms with Gasteiger partial charge in [-0.15, -0.1) is 0 Å². The van der Waals surface area contributed by atoms with Crippen LogP contribution in [0.25, 0.3) is 11.0 Å². The largest absolute Gasteiger partial charge is 0.458 e. The molecule has 3 heteroatoms. The number of aliphatic hydroxyl groups excluding tert-OH is 1. The number of benzene rings is 2. The first kappa shape index (κ1) is 13.8. The fourth-order valence-electron chi connectivity index (χ4n) is 2.79. The van der Waals surface area contributed by atoms with Crippen molar-refractivity contribution in [3.05, 3.63) is 70.2 Å². The summed E-state index contributed by atoms with van der Waals surface area (Å²) in [5.74, 6) is 0.166. The smallest absolute Gasteiger partial charge is 0.141 e. The van der Waals surface area contributed by atoms with Gasteiger partial charge in [0.25, 0.3) is 0 Å². The zero-order chi connectivity index (χ0) is 15.1. The molecule has 0 saturated carbocycles. The normalized spacial score (nSPS) is 12.8. The van der Waals surface area contributed by atoms with Gasteiger partial charge in [-0.2, -0.15) is 0 Å². The minimum atomic E-state index is -0.848. The van der Waals surface area contributed by atoms with Gasteiger partial charge in [0, 0.05) is 10.9 Å². The van der Waals surface area contributed by atoms with E-state index in [1.807, 2.05) is 32.9 Å². The van der Waals surface area contributed by atoms with E-state index in [2.05, 4.69) is 6.07 Å². The van der Waals surface area contributed by atoms with E-state index < -0.39 is 6.10 Å². The van der Waals surface area contributed by atoms with Crippen molar-refractivity contribution >= 4 is 11.0 Å². The summed E-state index contributed by atoms with van der Waals surface area (Å²) >= 11 is 0. The predicted octanol–water partition coefficient (Wildman–Crippen LogP) is 4.58. The molecule has 0 saturated heterocycles. The maximum atomic E-state index is 13.4. The Balaban J connectivity index is 2.13. The number of rotatable bonds is 2. The molecule has 2 aromatic carbocycles. The maximum absolute atomic E-state index is 13.4. The lowest BCUT2D eigenvalue weighted by molar-refractivity contribution is 0.191. The third-order valence-electron chi connectivity index (χ3n) is 3.74. The lowest BCUT2D eigenvalue weighted by atomic mass is 9.99. The molecular weight excluding hydrogens is 267 g/mol. The van der Waals surface area contributed by atoms with Crippen LogP contribution in [-0.4, -0.2) is 5.11 Å². The third kappa shape index (κ3) is 2.45. The molecule has 21 heavy (non-hydrogen) atoms. The maximum Gasteiger partial charge on any atom is 0.141 e. The first-order chi connectivity index (χ1) is 9.95. The second kappa shape index (κ2) is 5.01. The van der Waals surface area contributed by atoms with Crippen LogP contribution in [0.3, 0.4) is 0 Å². The van der Waals surface area contributed by atoms with Crippen LogP contribution in [0.5, 0.6) is 0 Å². The summed E-state index contributed by atoms with van der Waals surface area (Å²) < 4.78 is 19.1. The van der Waals surface area contributed by atoms with Crippen LogP contribution in [0.2, 0.25) is 0 Å². The molecule has 0 aliphatic rings. The Hall–Kier alpha value is -2.13. The van der Waals surface area contributed by atoms with E-state index in [1.165, 1.54) is 12.1 Å². The van der Waals surface area contributed by atoms with Crippen LogP contribution < -0.4 is 0 Å². The third-order valence-corrected chi connectivity index (χ3v) is 3.74. The lowest BCUT2D eigenvalue weighted by Gasteiger charge is -2.11. The minimum Gasteiger partial charge on any atom is -0.458 e. The van der Waals surface area contributed by atoms with Gasteiger partial charge in [0.1, 0.15) is 23.3 Å². The van der Waals surface area contributed by atoms with Crippen molar-refractivity contribution < 1.29 is 13.9 Å². The van der Waals surface area contributed by atoms with Crippen LogP contribution >= 0.6 is 0 Å². The second-order valence-corrected chi connectivity index (χ2v) is 5.56. The number of hydrogen-bond acceptors (Lipinski definition) is 2. The molecule has 3 aromatic rings. The predicted molar refractivity (Wildman–Crippen MR) is 80.9 cm³/mol. The molecule has 1 aromatic heterocycles. The van der Waals surface area contributed by atoms with E-state index in [4.69, 9.17) is 4.42 Å². The Morgan fingerprint density at radius 2 is 1.67 bits per heavy atom. The van der Waals surface area contributed by atoms with Crippen molar-refractivity contribution in [3.8, 4) is 0 Å². The first-order valence-electron chi connectivity index (χ1n) is 6.90. The second-order valence-electron chi connectivity index (χ2n) is 5.56. The van der Waals surface area contributed by atoms with E-state index in [9.17, 15) is 9.50 Å². The molecule has 1 heterocycles. The SMILES string of the molecule is Cc1cc(C)cc(C(O)c2oc3ccc(F)cc3c2C)c1. The molecule has 0 spiro atoms. The Morgan fingerprint density at radius 1 is 1.00 bits per heavy atom. The molecule has 0 radical (unpaired) electrons. The summed E-state index contributed by atoms with van der Waals surface area (Å²) in [6.07, 6.45) is -0.848. The summed E-state index contributed by atoms with van der Waals surface area (Å²) in [5.41, 5.74) is 4.33. The average Bonchev–Trinajstić information content (AvgIpc) is 2.74. The number of fused-ring (bicyclic) bond motifs is 1. The van der Waals surface area contributed by atoms with Crippen molar-refractivity contribution in [1.29, 1.82) is 0 Å². The number of aliphatic hydroxyl groups is 1. The standard InChI is InChI=1S/C18H17FO2/c1-10-6-11(2)8-13(7-10)17(20)18-12(3)15-9-14(19)4-5-16(15)21-18/h4-9,17,20H,1-3H3. The van der Waals surface area contributed by atoms with Gasteiger partial charge in [0.2, 0.25) is 0 Å². The molecule has 1 atom stereocenters. The Kier molecular flexibility index (Phi) is 3.30. The van der Waals surface area contributed by atoms with Crippen molar-refractivity contribution in [1.82, 2.24) is 0 Å². The Bertz CT molecular complexity index is 797. The highest BCUT2D eigenvalue weighted by molar-refractivity contribution is 5.82. The van der Waals surface area contributed by atoms with Crippen molar-refractivity contribution in [2.24, 2.45) is 0 Å². The van der Waals surface area contributed by atoms with Gasteiger partial charge in [-0.25, -0.2) is 4.39 Å². The molecular formula is C18H17FO2. The Morgan fingerprint density at radius 3 is 2.33 bits per heavy atom. The molecule has 0 aliphatic heterocycles. The van der Waals surface area contributed by atoms with E-state index in [0.29, 0.717) is 16.7 Å². The highest BCUT2D eigenvalue weighted by Gasteiger charge is 2.20. The molecule has 0 fully saturated rings. The zero-order valence-electron chi connectivity index (χ0n) is 12.3. The van der Waals surface area contributed by atoms with E-state index in [1.54, 1.807) is 6.07 Å². The lowest BCUT2D eigenvalue weighted by Crippen LogP contribution is -2.01. The molecule has 108 valence electrons. The number of halogens is 1. The molecule has 1 unspecified atom stereocenters. The topological polar surface area (TPSA) is 33.4 Å². The van der Waals surface area contributed by atoms with Crippen LogP contribution in [0, 0.1) is 26.6 Å². The van der Waals surface area contributed by atoms with Crippen LogP contribution in [-0.2, 0) is 0 Å². The summed E-state index contributed by atoms with van der Waals surface area (Å²) in [6.45, 7) is 5.82. The number of aryl methyl sites for hydroxylation is 3. The summed E-state index contributed by atoms with van der Waals surface area (Å²) in [6, 6.07) is 10.3. The molecule has 0 amide bonds. The molecule has 1 N–H and O–H groups in total. The average molecular weight is 284 g/mol. The number of hydrogen-bond donors (Lipinski definition) is 1. The van der Waals surface area contributed by atoms with Gasteiger partial charge in [-0.3, -0.25) is 0 Å². The van der Waals surface area contributed by atoms with Crippen molar-refractivity contribution in [2.45, 2.75) is 26.9 Å². The van der Waals surface area contributed by atoms with Crippen molar-refractivity contribution in [2.75, 3.05) is 0 Å².